The van der Waals surface area contributed by atoms with E-state index in [4.69, 9.17) is 9.26 Å². The summed E-state index contributed by atoms with van der Waals surface area (Å²) in [5, 5.41) is 3.60. The summed E-state index contributed by atoms with van der Waals surface area (Å²) in [5.41, 5.74) is -0.151. The maximum absolute atomic E-state index is 12.4. The highest BCUT2D eigenvalue weighted by Crippen LogP contribution is 2.24. The molecule has 110 valence electrons. The molecule has 1 saturated heterocycles. The number of carbonyl (C=O) groups is 2. The Hall–Kier alpha value is -1.85. The van der Waals surface area contributed by atoms with Crippen molar-refractivity contribution in [1.29, 1.82) is 0 Å². The van der Waals surface area contributed by atoms with E-state index in [0.717, 1.165) is 6.42 Å². The highest BCUT2D eigenvalue weighted by Gasteiger charge is 2.38. The standard InChI is InChI=1S/C14H20N2O4/c1-9-10(8-15-20-9)12(17)16-7-5-6-11(16)13(18)19-14(2,3)4/h8,11H,5-7H2,1-4H3/t11-/m0/s1. The summed E-state index contributed by atoms with van der Waals surface area (Å²) >= 11 is 0. The van der Waals surface area contributed by atoms with Gasteiger partial charge in [0, 0.05) is 6.54 Å². The lowest BCUT2D eigenvalue weighted by atomic mass is 10.1. The molecular formula is C14H20N2O4. The van der Waals surface area contributed by atoms with Gasteiger partial charge in [-0.1, -0.05) is 5.16 Å². The normalized spacial score (nSPS) is 19.2. The Morgan fingerprint density at radius 3 is 2.70 bits per heavy atom. The number of ether oxygens (including phenoxy) is 1. The van der Waals surface area contributed by atoms with E-state index in [2.05, 4.69) is 5.16 Å². The first-order chi connectivity index (χ1) is 9.29. The van der Waals surface area contributed by atoms with Gasteiger partial charge in [-0.25, -0.2) is 4.79 Å². The molecule has 1 atom stereocenters. The van der Waals surface area contributed by atoms with Gasteiger partial charge in [0.1, 0.15) is 23.0 Å². The third-order valence-corrected chi connectivity index (χ3v) is 3.17. The summed E-state index contributed by atoms with van der Waals surface area (Å²) in [7, 11) is 0. The monoisotopic (exact) mass is 280 g/mol. The zero-order valence-electron chi connectivity index (χ0n) is 12.3. The number of aryl methyl sites for hydroxylation is 1. The van der Waals surface area contributed by atoms with Crippen LogP contribution in [0.5, 0.6) is 0 Å². The Labute approximate surface area is 118 Å². The van der Waals surface area contributed by atoms with E-state index < -0.39 is 11.6 Å². The van der Waals surface area contributed by atoms with Crippen LogP contribution in [0.2, 0.25) is 0 Å². The zero-order valence-corrected chi connectivity index (χ0v) is 12.3. The highest BCUT2D eigenvalue weighted by molar-refractivity contribution is 5.97. The summed E-state index contributed by atoms with van der Waals surface area (Å²) in [6.45, 7) is 7.68. The van der Waals surface area contributed by atoms with Gasteiger partial charge in [-0.05, 0) is 40.5 Å². The van der Waals surface area contributed by atoms with Gasteiger partial charge in [0.05, 0.1) is 6.20 Å². The molecule has 1 fully saturated rings. The number of likely N-dealkylation sites (tertiary alicyclic amines) is 1. The van der Waals surface area contributed by atoms with Crippen LogP contribution in [0.15, 0.2) is 10.7 Å². The van der Waals surface area contributed by atoms with E-state index in [9.17, 15) is 9.59 Å². The topological polar surface area (TPSA) is 72.6 Å². The van der Waals surface area contributed by atoms with Crippen LogP contribution in [0.25, 0.3) is 0 Å². The Morgan fingerprint density at radius 2 is 2.15 bits per heavy atom. The van der Waals surface area contributed by atoms with E-state index in [-0.39, 0.29) is 11.9 Å². The Kier molecular flexibility index (Phi) is 3.83. The van der Waals surface area contributed by atoms with Crippen LogP contribution >= 0.6 is 0 Å². The number of aromatic nitrogens is 1. The fraction of sp³-hybridized carbons (Fsp3) is 0.643. The summed E-state index contributed by atoms with van der Waals surface area (Å²) in [4.78, 5) is 26.2. The molecule has 0 radical (unpaired) electrons. The van der Waals surface area contributed by atoms with E-state index in [0.29, 0.717) is 24.3 Å². The molecule has 0 unspecified atom stereocenters. The summed E-state index contributed by atoms with van der Waals surface area (Å²) in [5.74, 6) is -0.112. The highest BCUT2D eigenvalue weighted by atomic mass is 16.6. The lowest BCUT2D eigenvalue weighted by Gasteiger charge is -2.27. The van der Waals surface area contributed by atoms with Crippen molar-refractivity contribution in [3.8, 4) is 0 Å². The summed E-state index contributed by atoms with van der Waals surface area (Å²) in [6.07, 6.45) is 2.81. The van der Waals surface area contributed by atoms with Gasteiger partial charge in [0.25, 0.3) is 5.91 Å². The van der Waals surface area contributed by atoms with Crippen molar-refractivity contribution in [2.75, 3.05) is 6.54 Å². The quantitative estimate of drug-likeness (QED) is 0.774. The van der Waals surface area contributed by atoms with Crippen molar-refractivity contribution in [3.05, 3.63) is 17.5 Å². The zero-order chi connectivity index (χ0) is 14.9. The lowest BCUT2D eigenvalue weighted by Crippen LogP contribution is -2.43. The van der Waals surface area contributed by atoms with Crippen LogP contribution in [-0.4, -0.2) is 40.1 Å². The number of hydrogen-bond acceptors (Lipinski definition) is 5. The fourth-order valence-electron chi connectivity index (χ4n) is 2.28. The molecule has 1 aliphatic rings. The number of rotatable bonds is 2. The van der Waals surface area contributed by atoms with Crippen LogP contribution in [0.3, 0.4) is 0 Å². The molecule has 2 heterocycles. The molecule has 1 aromatic rings. The molecule has 1 aliphatic heterocycles. The number of carbonyl (C=O) groups excluding carboxylic acids is 2. The second-order valence-electron chi connectivity index (χ2n) is 5.99. The van der Waals surface area contributed by atoms with Gasteiger partial charge in [-0.2, -0.15) is 0 Å². The molecule has 0 aromatic carbocycles. The maximum Gasteiger partial charge on any atom is 0.329 e. The molecule has 6 heteroatoms. The number of esters is 1. The summed E-state index contributed by atoms with van der Waals surface area (Å²) in [6, 6.07) is -0.518. The average Bonchev–Trinajstić information content (AvgIpc) is 2.93. The molecule has 6 nitrogen and oxygen atoms in total. The molecule has 1 amide bonds. The molecular weight excluding hydrogens is 260 g/mol. The minimum atomic E-state index is -0.554. The largest absolute Gasteiger partial charge is 0.458 e. The van der Waals surface area contributed by atoms with E-state index >= 15 is 0 Å². The predicted octanol–water partition coefficient (Wildman–Crippen LogP) is 1.93. The third-order valence-electron chi connectivity index (χ3n) is 3.17. The van der Waals surface area contributed by atoms with E-state index in [1.807, 2.05) is 20.8 Å². The number of hydrogen-bond donors (Lipinski definition) is 0. The van der Waals surface area contributed by atoms with Gasteiger partial charge in [0.2, 0.25) is 0 Å². The first kappa shape index (κ1) is 14.6. The van der Waals surface area contributed by atoms with Crippen molar-refractivity contribution >= 4 is 11.9 Å². The molecule has 0 N–H and O–H groups in total. The average molecular weight is 280 g/mol. The van der Waals surface area contributed by atoms with Gasteiger partial charge in [-0.3, -0.25) is 4.79 Å². The van der Waals surface area contributed by atoms with Gasteiger partial charge in [0.15, 0.2) is 0 Å². The molecule has 1 aromatic heterocycles. The van der Waals surface area contributed by atoms with Crippen molar-refractivity contribution in [1.82, 2.24) is 10.1 Å². The molecule has 20 heavy (non-hydrogen) atoms. The molecule has 2 rings (SSSR count). The minimum absolute atomic E-state index is 0.225. The third kappa shape index (κ3) is 3.00. The maximum atomic E-state index is 12.4. The summed E-state index contributed by atoms with van der Waals surface area (Å²) < 4.78 is 10.3. The second kappa shape index (κ2) is 5.26. The number of amides is 1. The Morgan fingerprint density at radius 1 is 1.45 bits per heavy atom. The molecule has 0 aliphatic carbocycles. The van der Waals surface area contributed by atoms with Gasteiger partial charge >= 0.3 is 5.97 Å². The lowest BCUT2D eigenvalue weighted by molar-refractivity contribution is -0.159. The number of nitrogens with zero attached hydrogens (tertiary/aromatic N) is 2. The van der Waals surface area contributed by atoms with Gasteiger partial charge < -0.3 is 14.2 Å². The van der Waals surface area contributed by atoms with E-state index in [1.54, 1.807) is 11.8 Å². The smallest absolute Gasteiger partial charge is 0.329 e. The van der Waals surface area contributed by atoms with Crippen molar-refractivity contribution < 1.29 is 18.8 Å². The van der Waals surface area contributed by atoms with Gasteiger partial charge in [-0.15, -0.1) is 0 Å². The minimum Gasteiger partial charge on any atom is -0.458 e. The van der Waals surface area contributed by atoms with Crippen LogP contribution < -0.4 is 0 Å². The molecule has 0 spiro atoms. The Balaban J connectivity index is 2.13. The second-order valence-corrected chi connectivity index (χ2v) is 5.99. The van der Waals surface area contributed by atoms with E-state index in [1.165, 1.54) is 6.20 Å². The van der Waals surface area contributed by atoms with Crippen molar-refractivity contribution in [2.45, 2.75) is 52.2 Å². The van der Waals surface area contributed by atoms with Crippen LogP contribution in [0, 0.1) is 6.92 Å². The fourth-order valence-corrected chi connectivity index (χ4v) is 2.28. The first-order valence-electron chi connectivity index (χ1n) is 6.75. The SMILES string of the molecule is Cc1oncc1C(=O)N1CCC[C@H]1C(=O)OC(C)(C)C. The Bertz CT molecular complexity index is 515. The van der Waals surface area contributed by atoms with Crippen molar-refractivity contribution in [3.63, 3.8) is 0 Å². The van der Waals surface area contributed by atoms with Crippen LogP contribution in [0.1, 0.15) is 49.7 Å². The molecule has 0 bridgehead atoms. The molecule has 0 saturated carbocycles. The van der Waals surface area contributed by atoms with Crippen LogP contribution in [-0.2, 0) is 9.53 Å². The first-order valence-corrected chi connectivity index (χ1v) is 6.75. The van der Waals surface area contributed by atoms with Crippen molar-refractivity contribution in [2.24, 2.45) is 0 Å². The predicted molar refractivity (Wildman–Crippen MR) is 71.1 cm³/mol. The van der Waals surface area contributed by atoms with Crippen LogP contribution in [0.4, 0.5) is 0 Å².